The van der Waals surface area contributed by atoms with Crippen LogP contribution in [0.4, 0.5) is 0 Å². The van der Waals surface area contributed by atoms with Crippen molar-refractivity contribution in [1.82, 2.24) is 5.32 Å². The van der Waals surface area contributed by atoms with Gasteiger partial charge in [-0.3, -0.25) is 0 Å². The summed E-state index contributed by atoms with van der Waals surface area (Å²) >= 11 is 16.8. The highest BCUT2D eigenvalue weighted by atomic mass is 79.9. The molecule has 1 N–H and O–H groups in total. The topological polar surface area (TPSA) is 12.0 Å². The Bertz CT molecular complexity index is 550. The third kappa shape index (κ3) is 3.61. The van der Waals surface area contributed by atoms with Gasteiger partial charge in [0.2, 0.25) is 0 Å². The Hall–Kier alpha value is 0.130. The Morgan fingerprint density at radius 1 is 0.947 bits per heavy atom. The molecular formula is C14H11Br3ClN. The molecular weight excluding hydrogens is 457 g/mol. The average molecular weight is 468 g/mol. The molecule has 100 valence electrons. The average Bonchev–Trinajstić information content (AvgIpc) is 2.38. The molecule has 0 radical (unpaired) electrons. The van der Waals surface area contributed by atoms with E-state index in [1.807, 2.05) is 37.4 Å². The van der Waals surface area contributed by atoms with Gasteiger partial charge in [0.25, 0.3) is 0 Å². The van der Waals surface area contributed by atoms with Gasteiger partial charge in [-0.2, -0.15) is 0 Å². The van der Waals surface area contributed by atoms with Gasteiger partial charge in [0.15, 0.2) is 0 Å². The Morgan fingerprint density at radius 3 is 2.16 bits per heavy atom. The van der Waals surface area contributed by atoms with Gasteiger partial charge in [0, 0.05) is 18.4 Å². The van der Waals surface area contributed by atoms with Crippen molar-refractivity contribution >= 4 is 59.4 Å². The molecule has 2 aromatic carbocycles. The molecule has 0 aliphatic rings. The zero-order valence-corrected chi connectivity index (χ0v) is 15.6. The van der Waals surface area contributed by atoms with Crippen LogP contribution in [-0.2, 0) is 0 Å². The Morgan fingerprint density at radius 2 is 1.53 bits per heavy atom. The summed E-state index contributed by atoms with van der Waals surface area (Å²) in [5.74, 6) is 0. The summed E-state index contributed by atoms with van der Waals surface area (Å²) in [5, 5.41) is 4.06. The molecule has 0 bridgehead atoms. The van der Waals surface area contributed by atoms with Gasteiger partial charge < -0.3 is 5.32 Å². The number of hydrogen-bond donors (Lipinski definition) is 1. The Kier molecular flexibility index (Phi) is 5.49. The van der Waals surface area contributed by atoms with E-state index in [-0.39, 0.29) is 6.04 Å². The second kappa shape index (κ2) is 6.72. The SMILES string of the molecule is CNC(c1cc(Cl)ccc1Br)c1cc(Br)ccc1Br. The molecule has 0 saturated carbocycles. The van der Waals surface area contributed by atoms with Crippen molar-refractivity contribution in [3.63, 3.8) is 0 Å². The van der Waals surface area contributed by atoms with Crippen LogP contribution in [0.25, 0.3) is 0 Å². The van der Waals surface area contributed by atoms with E-state index in [4.69, 9.17) is 11.6 Å². The third-order valence-corrected chi connectivity index (χ3v) is 5.00. The number of benzene rings is 2. The highest BCUT2D eigenvalue weighted by Gasteiger charge is 2.18. The second-order valence-corrected chi connectivity index (χ2v) is 7.11. The van der Waals surface area contributed by atoms with E-state index in [0.29, 0.717) is 0 Å². The molecule has 2 rings (SSSR count). The molecule has 0 spiro atoms. The van der Waals surface area contributed by atoms with Gasteiger partial charge in [-0.1, -0.05) is 59.4 Å². The predicted octanol–water partition coefficient (Wildman–Crippen LogP) is 5.94. The quantitative estimate of drug-likeness (QED) is 0.588. The largest absolute Gasteiger partial charge is 0.309 e. The lowest BCUT2D eigenvalue weighted by molar-refractivity contribution is 0.686. The summed E-state index contributed by atoms with van der Waals surface area (Å²) in [6.45, 7) is 0. The van der Waals surface area contributed by atoms with Crippen molar-refractivity contribution in [2.45, 2.75) is 6.04 Å². The van der Waals surface area contributed by atoms with Gasteiger partial charge in [0.1, 0.15) is 0 Å². The Labute approximate surface area is 143 Å². The van der Waals surface area contributed by atoms with Crippen LogP contribution in [0, 0.1) is 0 Å². The molecule has 1 atom stereocenters. The van der Waals surface area contributed by atoms with E-state index in [1.54, 1.807) is 0 Å². The number of nitrogens with one attached hydrogen (secondary N) is 1. The van der Waals surface area contributed by atoms with Gasteiger partial charge in [-0.05, 0) is 54.6 Å². The first-order valence-corrected chi connectivity index (χ1v) is 8.35. The molecule has 0 saturated heterocycles. The van der Waals surface area contributed by atoms with Crippen molar-refractivity contribution in [2.75, 3.05) is 7.05 Å². The van der Waals surface area contributed by atoms with Crippen molar-refractivity contribution in [2.24, 2.45) is 0 Å². The van der Waals surface area contributed by atoms with Crippen LogP contribution in [0.15, 0.2) is 49.8 Å². The maximum Gasteiger partial charge on any atom is 0.0597 e. The van der Waals surface area contributed by atoms with E-state index in [9.17, 15) is 0 Å². The molecule has 0 aliphatic carbocycles. The third-order valence-electron chi connectivity index (χ3n) is 2.83. The summed E-state index contributed by atoms with van der Waals surface area (Å²) in [4.78, 5) is 0. The monoisotopic (exact) mass is 465 g/mol. The summed E-state index contributed by atoms with van der Waals surface area (Å²) in [5.41, 5.74) is 2.26. The lowest BCUT2D eigenvalue weighted by Crippen LogP contribution is -2.18. The molecule has 1 unspecified atom stereocenters. The fourth-order valence-electron chi connectivity index (χ4n) is 1.95. The molecule has 0 aliphatic heterocycles. The van der Waals surface area contributed by atoms with Gasteiger partial charge in [-0.15, -0.1) is 0 Å². The summed E-state index contributed by atoms with van der Waals surface area (Å²) < 4.78 is 3.13. The number of halogens is 4. The summed E-state index contributed by atoms with van der Waals surface area (Å²) in [6, 6.07) is 12.0. The highest BCUT2D eigenvalue weighted by Crippen LogP contribution is 2.35. The van der Waals surface area contributed by atoms with E-state index in [2.05, 4.69) is 59.2 Å². The van der Waals surface area contributed by atoms with Gasteiger partial charge >= 0.3 is 0 Å². The first kappa shape index (κ1) is 15.5. The van der Waals surface area contributed by atoms with Crippen LogP contribution >= 0.6 is 59.4 Å². The molecule has 2 aromatic rings. The van der Waals surface area contributed by atoms with E-state index in [1.165, 1.54) is 0 Å². The number of hydrogen-bond acceptors (Lipinski definition) is 1. The fourth-order valence-corrected chi connectivity index (χ4v) is 3.46. The van der Waals surface area contributed by atoms with Gasteiger partial charge in [-0.25, -0.2) is 0 Å². The first-order valence-electron chi connectivity index (χ1n) is 5.60. The van der Waals surface area contributed by atoms with E-state index >= 15 is 0 Å². The zero-order valence-electron chi connectivity index (χ0n) is 10.1. The first-order chi connectivity index (χ1) is 9.02. The maximum absolute atomic E-state index is 6.11. The molecule has 0 aromatic heterocycles. The van der Waals surface area contributed by atoms with Crippen LogP contribution < -0.4 is 5.32 Å². The molecule has 0 heterocycles. The van der Waals surface area contributed by atoms with Crippen LogP contribution in [0.2, 0.25) is 5.02 Å². The molecule has 1 nitrogen and oxygen atoms in total. The van der Waals surface area contributed by atoms with Crippen molar-refractivity contribution < 1.29 is 0 Å². The summed E-state index contributed by atoms with van der Waals surface area (Å²) in [6.07, 6.45) is 0. The maximum atomic E-state index is 6.11. The fraction of sp³-hybridized carbons (Fsp3) is 0.143. The standard InChI is InChI=1S/C14H11Br3ClN/c1-19-14(10-6-8(15)2-4-12(10)16)11-7-9(18)3-5-13(11)17/h2-7,14,19H,1H3. The van der Waals surface area contributed by atoms with Gasteiger partial charge in [0.05, 0.1) is 6.04 Å². The van der Waals surface area contributed by atoms with Crippen LogP contribution in [-0.4, -0.2) is 7.05 Å². The highest BCUT2D eigenvalue weighted by molar-refractivity contribution is 9.11. The minimum atomic E-state index is 0.0555. The molecule has 0 amide bonds. The predicted molar refractivity (Wildman–Crippen MR) is 91.9 cm³/mol. The van der Waals surface area contributed by atoms with Crippen LogP contribution in [0.3, 0.4) is 0 Å². The molecule has 19 heavy (non-hydrogen) atoms. The zero-order chi connectivity index (χ0) is 14.0. The summed E-state index contributed by atoms with van der Waals surface area (Å²) in [7, 11) is 1.94. The number of rotatable bonds is 3. The lowest BCUT2D eigenvalue weighted by Gasteiger charge is -2.20. The van der Waals surface area contributed by atoms with Crippen LogP contribution in [0.5, 0.6) is 0 Å². The minimum Gasteiger partial charge on any atom is -0.309 e. The molecule has 0 fully saturated rings. The minimum absolute atomic E-state index is 0.0555. The van der Waals surface area contributed by atoms with Crippen molar-refractivity contribution in [3.05, 3.63) is 66.0 Å². The van der Waals surface area contributed by atoms with Crippen molar-refractivity contribution in [3.8, 4) is 0 Å². The normalized spacial score (nSPS) is 12.5. The molecule has 5 heteroatoms. The van der Waals surface area contributed by atoms with Crippen molar-refractivity contribution in [1.29, 1.82) is 0 Å². The lowest BCUT2D eigenvalue weighted by atomic mass is 9.99. The van der Waals surface area contributed by atoms with Crippen LogP contribution in [0.1, 0.15) is 17.2 Å². The smallest absolute Gasteiger partial charge is 0.0597 e. The van der Waals surface area contributed by atoms with E-state index < -0.39 is 0 Å². The second-order valence-electron chi connectivity index (χ2n) is 4.05. The van der Waals surface area contributed by atoms with E-state index in [0.717, 1.165) is 29.6 Å². The Balaban J connectivity index is 2.55.